The molecular weight excluding hydrogens is 356 g/mol. The van der Waals surface area contributed by atoms with Gasteiger partial charge >= 0.3 is 6.09 Å². The third kappa shape index (κ3) is 4.04. The van der Waals surface area contributed by atoms with Gasteiger partial charge in [0, 0.05) is 5.56 Å². The number of alkyl carbamates (subject to hydrolysis) is 1. The fraction of sp³-hybridized carbons (Fsp3) is 0.471. The number of carbonyl (C=O) groups is 3. The average molecular weight is 378 g/mol. The van der Waals surface area contributed by atoms with E-state index in [4.69, 9.17) is 4.74 Å². The van der Waals surface area contributed by atoms with Crippen molar-refractivity contribution in [3.8, 4) is 0 Å². The molecule has 0 saturated carbocycles. The summed E-state index contributed by atoms with van der Waals surface area (Å²) in [5.41, 5.74) is 2.35. The Labute approximate surface area is 155 Å². The molecule has 1 aromatic carbocycles. The van der Waals surface area contributed by atoms with Crippen molar-refractivity contribution in [2.45, 2.75) is 31.8 Å². The van der Waals surface area contributed by atoms with Gasteiger partial charge in [-0.1, -0.05) is 0 Å². The molecule has 3 unspecified atom stereocenters. The highest BCUT2D eigenvalue weighted by Gasteiger charge is 2.36. The number of rotatable bonds is 4. The van der Waals surface area contributed by atoms with Crippen molar-refractivity contribution in [3.63, 3.8) is 0 Å². The van der Waals surface area contributed by atoms with E-state index in [1.165, 1.54) is 11.8 Å². The summed E-state index contributed by atoms with van der Waals surface area (Å²) >= 11 is 1.50. The molecule has 2 aliphatic heterocycles. The van der Waals surface area contributed by atoms with Crippen LogP contribution in [0.5, 0.6) is 0 Å². The molecule has 0 aromatic heterocycles. The molecule has 8 nitrogen and oxygen atoms in total. The average Bonchev–Trinajstić information content (AvgIpc) is 3.19. The second-order valence-corrected chi connectivity index (χ2v) is 7.39. The van der Waals surface area contributed by atoms with Crippen LogP contribution in [0.1, 0.15) is 30.6 Å². The maximum atomic E-state index is 12.6. The lowest BCUT2D eigenvalue weighted by molar-refractivity contribution is -0.124. The van der Waals surface area contributed by atoms with Crippen LogP contribution in [0.4, 0.5) is 16.2 Å². The Morgan fingerprint density at radius 3 is 2.81 bits per heavy atom. The van der Waals surface area contributed by atoms with E-state index in [0.717, 1.165) is 17.1 Å². The van der Waals surface area contributed by atoms with Crippen LogP contribution >= 0.6 is 11.8 Å². The zero-order valence-electron chi connectivity index (χ0n) is 14.6. The van der Waals surface area contributed by atoms with Crippen molar-refractivity contribution in [2.75, 3.05) is 23.0 Å². The van der Waals surface area contributed by atoms with Crippen LogP contribution in [0, 0.1) is 5.92 Å². The molecule has 4 N–H and O–H groups in total. The molecule has 1 saturated heterocycles. The maximum Gasteiger partial charge on any atom is 0.413 e. The molecule has 0 radical (unpaired) electrons. The maximum absolute atomic E-state index is 12.6. The third-order valence-electron chi connectivity index (χ3n) is 4.23. The van der Waals surface area contributed by atoms with Crippen molar-refractivity contribution >= 4 is 41.0 Å². The van der Waals surface area contributed by atoms with Gasteiger partial charge in [0.2, 0.25) is 5.91 Å². The summed E-state index contributed by atoms with van der Waals surface area (Å²) in [5.74, 6) is -0.406. The van der Waals surface area contributed by atoms with Gasteiger partial charge in [0.1, 0.15) is 0 Å². The summed E-state index contributed by atoms with van der Waals surface area (Å²) in [7, 11) is 0. The molecule has 3 rings (SSSR count). The van der Waals surface area contributed by atoms with Gasteiger partial charge in [-0.3, -0.25) is 14.9 Å². The van der Waals surface area contributed by atoms with Crippen LogP contribution < -0.4 is 21.3 Å². The van der Waals surface area contributed by atoms with E-state index in [1.54, 1.807) is 19.1 Å². The quantitative estimate of drug-likeness (QED) is 0.634. The van der Waals surface area contributed by atoms with Gasteiger partial charge in [0.15, 0.2) is 0 Å². The molecule has 1 fully saturated rings. The minimum absolute atomic E-state index is 0.115. The minimum Gasteiger partial charge on any atom is -0.450 e. The van der Waals surface area contributed by atoms with Crippen molar-refractivity contribution in [1.82, 2.24) is 10.6 Å². The summed E-state index contributed by atoms with van der Waals surface area (Å²) in [6, 6.07) is 5.39. The highest BCUT2D eigenvalue weighted by Crippen LogP contribution is 2.32. The molecule has 26 heavy (non-hydrogen) atoms. The number of fused-ring (bicyclic) bond motifs is 1. The van der Waals surface area contributed by atoms with E-state index in [-0.39, 0.29) is 24.1 Å². The molecule has 140 valence electrons. The van der Waals surface area contributed by atoms with Gasteiger partial charge in [-0.05, 0) is 44.2 Å². The molecule has 0 aliphatic carbocycles. The second-order valence-electron chi connectivity index (χ2n) is 6.14. The third-order valence-corrected chi connectivity index (χ3v) is 5.51. The lowest BCUT2D eigenvalue weighted by Crippen LogP contribution is -2.44. The molecule has 3 amide bonds. The minimum atomic E-state index is -0.759. The number of carbonyl (C=O) groups excluding carboxylic acids is 3. The Bertz CT molecular complexity index is 727. The first-order chi connectivity index (χ1) is 12.5. The molecule has 3 atom stereocenters. The van der Waals surface area contributed by atoms with E-state index in [0.29, 0.717) is 12.0 Å². The van der Waals surface area contributed by atoms with Gasteiger partial charge in [-0.15, -0.1) is 11.8 Å². The van der Waals surface area contributed by atoms with Crippen LogP contribution in [0.3, 0.4) is 0 Å². The number of hydrogen-bond acceptors (Lipinski definition) is 7. The largest absolute Gasteiger partial charge is 0.450 e. The number of benzene rings is 1. The molecule has 2 heterocycles. The normalized spacial score (nSPS) is 23.4. The SMILES string of the molecule is CCOC(=O)NC(=O)C1CCSC1NC(=O)c1ccc2c(c1)NC(C)N2. The number of amides is 3. The number of thioether (sulfide) groups is 1. The number of imide groups is 1. The Balaban J connectivity index is 1.62. The molecule has 1 aromatic rings. The molecule has 0 bridgehead atoms. The Kier molecular flexibility index (Phi) is 5.55. The molecule has 2 aliphatic rings. The van der Waals surface area contributed by atoms with Crippen LogP contribution in [-0.4, -0.2) is 41.8 Å². The monoisotopic (exact) mass is 378 g/mol. The van der Waals surface area contributed by atoms with E-state index < -0.39 is 17.9 Å². The van der Waals surface area contributed by atoms with Gasteiger partial charge in [-0.25, -0.2) is 4.79 Å². The van der Waals surface area contributed by atoms with Crippen molar-refractivity contribution in [3.05, 3.63) is 23.8 Å². The van der Waals surface area contributed by atoms with Gasteiger partial charge in [0.25, 0.3) is 5.91 Å². The highest BCUT2D eigenvalue weighted by atomic mass is 32.2. The number of anilines is 2. The standard InChI is InChI=1S/C17H22N4O4S/c1-3-25-17(24)21-15(23)11-6-7-26-16(11)20-14(22)10-4-5-12-13(8-10)19-9(2)18-12/h4-5,8-9,11,16,18-19H,3,6-7H2,1-2H3,(H,20,22)(H,21,23,24). The van der Waals surface area contributed by atoms with Crippen LogP contribution in [0.15, 0.2) is 18.2 Å². The number of nitrogens with one attached hydrogen (secondary N) is 4. The van der Waals surface area contributed by atoms with Gasteiger partial charge in [0.05, 0.1) is 35.4 Å². The van der Waals surface area contributed by atoms with Crippen LogP contribution in [-0.2, 0) is 9.53 Å². The Hall–Kier alpha value is -2.42. The van der Waals surface area contributed by atoms with E-state index in [9.17, 15) is 14.4 Å². The summed E-state index contributed by atoms with van der Waals surface area (Å²) in [4.78, 5) is 36.3. The lowest BCUT2D eigenvalue weighted by atomic mass is 10.1. The molecular formula is C17H22N4O4S. The van der Waals surface area contributed by atoms with E-state index >= 15 is 0 Å². The smallest absolute Gasteiger partial charge is 0.413 e. The Morgan fingerprint density at radius 1 is 1.27 bits per heavy atom. The molecule has 0 spiro atoms. The van der Waals surface area contributed by atoms with Gasteiger partial charge in [-0.2, -0.15) is 0 Å². The van der Waals surface area contributed by atoms with Crippen molar-refractivity contribution in [2.24, 2.45) is 5.92 Å². The Morgan fingerprint density at radius 2 is 2.04 bits per heavy atom. The number of hydrogen-bond donors (Lipinski definition) is 4. The van der Waals surface area contributed by atoms with E-state index in [2.05, 4.69) is 21.3 Å². The fourth-order valence-corrected chi connectivity index (χ4v) is 4.33. The molecule has 9 heteroatoms. The zero-order valence-corrected chi connectivity index (χ0v) is 15.4. The highest BCUT2D eigenvalue weighted by molar-refractivity contribution is 8.00. The van der Waals surface area contributed by atoms with Crippen molar-refractivity contribution < 1.29 is 19.1 Å². The summed E-state index contributed by atoms with van der Waals surface area (Å²) < 4.78 is 4.73. The van der Waals surface area contributed by atoms with Crippen LogP contribution in [0.2, 0.25) is 0 Å². The van der Waals surface area contributed by atoms with Crippen LogP contribution in [0.25, 0.3) is 0 Å². The summed E-state index contributed by atoms with van der Waals surface area (Å²) in [6.45, 7) is 3.85. The fourth-order valence-electron chi connectivity index (χ4n) is 3.01. The first-order valence-corrected chi connectivity index (χ1v) is 9.60. The number of ether oxygens (including phenoxy) is 1. The topological polar surface area (TPSA) is 109 Å². The first kappa shape index (κ1) is 18.4. The second kappa shape index (κ2) is 7.86. The predicted molar refractivity (Wildman–Crippen MR) is 100 cm³/mol. The zero-order chi connectivity index (χ0) is 18.7. The van der Waals surface area contributed by atoms with Crippen molar-refractivity contribution in [1.29, 1.82) is 0 Å². The summed E-state index contributed by atoms with van der Waals surface area (Å²) in [6.07, 6.45) is -0.0518. The first-order valence-electron chi connectivity index (χ1n) is 8.55. The van der Waals surface area contributed by atoms with Gasteiger partial charge < -0.3 is 20.7 Å². The predicted octanol–water partition coefficient (Wildman–Crippen LogP) is 1.95. The summed E-state index contributed by atoms with van der Waals surface area (Å²) in [5, 5.41) is 11.2. The van der Waals surface area contributed by atoms with E-state index in [1.807, 2.05) is 13.0 Å². The lowest BCUT2D eigenvalue weighted by Gasteiger charge is -2.19.